The number of ether oxygens (including phenoxy) is 2. The Kier molecular flexibility index (Phi) is 10.5. The molecule has 0 saturated heterocycles. The van der Waals surface area contributed by atoms with E-state index in [2.05, 4.69) is 5.32 Å². The van der Waals surface area contributed by atoms with Gasteiger partial charge < -0.3 is 39.5 Å². The maximum atomic E-state index is 13.4. The lowest BCUT2D eigenvalue weighted by Gasteiger charge is -2.19. The first-order valence-corrected chi connectivity index (χ1v) is 12.8. The molecule has 1 amide bonds. The van der Waals surface area contributed by atoms with Crippen LogP contribution in [0.1, 0.15) is 60.8 Å². The molecular weight excluding hydrogens is 502 g/mol. The molecular formula is C29H36N3O7-. The van der Waals surface area contributed by atoms with Crippen LogP contribution in [-0.4, -0.2) is 58.1 Å². The molecule has 10 nitrogen and oxygen atoms in total. The van der Waals surface area contributed by atoms with Gasteiger partial charge in [-0.2, -0.15) is 0 Å². The number of aromatic nitrogens is 2. The molecule has 1 heterocycles. The Labute approximate surface area is 228 Å². The van der Waals surface area contributed by atoms with Crippen molar-refractivity contribution in [2.45, 2.75) is 64.3 Å². The van der Waals surface area contributed by atoms with Gasteiger partial charge in [-0.1, -0.05) is 26.0 Å². The summed E-state index contributed by atoms with van der Waals surface area (Å²) in [7, 11) is 3.16. The molecule has 0 radical (unpaired) electrons. The van der Waals surface area contributed by atoms with E-state index in [4.69, 9.17) is 14.5 Å². The summed E-state index contributed by atoms with van der Waals surface area (Å²) in [6, 6.07) is 14.7. The lowest BCUT2D eigenvalue weighted by molar-refractivity contribution is -0.307. The van der Waals surface area contributed by atoms with E-state index >= 15 is 0 Å². The van der Waals surface area contributed by atoms with E-state index in [-0.39, 0.29) is 36.9 Å². The Morgan fingerprint density at radius 1 is 1.03 bits per heavy atom. The monoisotopic (exact) mass is 538 g/mol. The molecule has 0 aliphatic carbocycles. The number of aliphatic hydroxyl groups is 2. The molecule has 0 aliphatic heterocycles. The second-order valence-electron chi connectivity index (χ2n) is 9.65. The smallest absolute Gasteiger partial charge is 0.272 e. The summed E-state index contributed by atoms with van der Waals surface area (Å²) in [5.41, 5.74) is 2.62. The second kappa shape index (κ2) is 13.8. The van der Waals surface area contributed by atoms with Crippen LogP contribution in [0.15, 0.2) is 48.5 Å². The van der Waals surface area contributed by atoms with Gasteiger partial charge in [0.1, 0.15) is 23.0 Å². The van der Waals surface area contributed by atoms with Crippen molar-refractivity contribution in [3.05, 3.63) is 65.5 Å². The summed E-state index contributed by atoms with van der Waals surface area (Å²) in [6.07, 6.45) is -2.61. The van der Waals surface area contributed by atoms with Gasteiger partial charge in [-0.05, 0) is 60.7 Å². The van der Waals surface area contributed by atoms with Gasteiger partial charge in [0.25, 0.3) is 5.91 Å². The molecule has 3 rings (SSSR count). The van der Waals surface area contributed by atoms with Crippen molar-refractivity contribution in [3.8, 4) is 22.9 Å². The lowest BCUT2D eigenvalue weighted by atomic mass is 10.0. The molecule has 0 unspecified atom stereocenters. The Bertz CT molecular complexity index is 1250. The number of carbonyl (C=O) groups is 2. The Morgan fingerprint density at radius 3 is 2.33 bits per heavy atom. The fourth-order valence-electron chi connectivity index (χ4n) is 4.44. The SMILES string of the molecule is COc1ccc(-c2nc(C(=O)NCc3cccc(OC)c3)c(C(C)C)n2CC[C@@H](O)C[C@@H](O)CC(=O)[O-])cc1. The number of carboxylic acids is 1. The van der Waals surface area contributed by atoms with E-state index in [1.54, 1.807) is 26.4 Å². The van der Waals surface area contributed by atoms with Crippen molar-refractivity contribution < 1.29 is 34.4 Å². The summed E-state index contributed by atoms with van der Waals surface area (Å²) >= 11 is 0. The summed E-state index contributed by atoms with van der Waals surface area (Å²) in [5.74, 6) is 0.129. The number of hydrogen-bond acceptors (Lipinski definition) is 8. The molecule has 0 fully saturated rings. The molecule has 0 bridgehead atoms. The highest BCUT2D eigenvalue weighted by molar-refractivity contribution is 5.94. The van der Waals surface area contributed by atoms with Crippen molar-refractivity contribution >= 4 is 11.9 Å². The summed E-state index contributed by atoms with van der Waals surface area (Å²) in [6.45, 7) is 4.51. The number of imidazole rings is 1. The quantitative estimate of drug-likeness (QED) is 0.283. The highest BCUT2D eigenvalue weighted by Crippen LogP contribution is 2.30. The average molecular weight is 539 g/mol. The fraction of sp³-hybridized carbons (Fsp3) is 0.414. The minimum absolute atomic E-state index is 0.0807. The third kappa shape index (κ3) is 8.05. The molecule has 3 aromatic rings. The van der Waals surface area contributed by atoms with Crippen molar-refractivity contribution in [3.63, 3.8) is 0 Å². The number of methoxy groups -OCH3 is 2. The van der Waals surface area contributed by atoms with Crippen molar-refractivity contribution in [2.24, 2.45) is 0 Å². The van der Waals surface area contributed by atoms with Gasteiger partial charge in [-0.15, -0.1) is 0 Å². The largest absolute Gasteiger partial charge is 0.550 e. The van der Waals surface area contributed by atoms with Gasteiger partial charge in [-0.3, -0.25) is 4.79 Å². The molecule has 2 aromatic carbocycles. The molecule has 210 valence electrons. The van der Waals surface area contributed by atoms with Crippen LogP contribution in [0.5, 0.6) is 11.5 Å². The average Bonchev–Trinajstić information content (AvgIpc) is 3.30. The number of amides is 1. The molecule has 10 heteroatoms. The number of carboxylic acid groups (broad SMARTS) is 1. The maximum Gasteiger partial charge on any atom is 0.272 e. The van der Waals surface area contributed by atoms with Gasteiger partial charge in [0, 0.05) is 31.0 Å². The number of rotatable bonds is 14. The number of nitrogens with zero attached hydrogens (tertiary/aromatic N) is 2. The van der Waals surface area contributed by atoms with Gasteiger partial charge >= 0.3 is 0 Å². The number of nitrogens with one attached hydrogen (secondary N) is 1. The minimum Gasteiger partial charge on any atom is -0.550 e. The minimum atomic E-state index is -1.38. The molecule has 3 N–H and O–H groups in total. The van der Waals surface area contributed by atoms with Gasteiger partial charge in [0.05, 0.1) is 32.1 Å². The van der Waals surface area contributed by atoms with Gasteiger partial charge in [0.15, 0.2) is 0 Å². The molecule has 39 heavy (non-hydrogen) atoms. The second-order valence-corrected chi connectivity index (χ2v) is 9.65. The van der Waals surface area contributed by atoms with E-state index in [0.29, 0.717) is 29.6 Å². The van der Waals surface area contributed by atoms with Crippen LogP contribution in [-0.2, 0) is 17.9 Å². The highest BCUT2D eigenvalue weighted by Gasteiger charge is 2.26. The van der Waals surface area contributed by atoms with Crippen molar-refractivity contribution in [1.29, 1.82) is 0 Å². The van der Waals surface area contributed by atoms with Gasteiger partial charge in [0.2, 0.25) is 0 Å². The first kappa shape index (κ1) is 29.7. The highest BCUT2D eigenvalue weighted by atomic mass is 16.5. The zero-order valence-corrected chi connectivity index (χ0v) is 22.7. The van der Waals surface area contributed by atoms with Crippen LogP contribution in [0.4, 0.5) is 0 Å². The van der Waals surface area contributed by atoms with Crippen molar-refractivity contribution in [1.82, 2.24) is 14.9 Å². The lowest BCUT2D eigenvalue weighted by Crippen LogP contribution is -2.29. The summed E-state index contributed by atoms with van der Waals surface area (Å²) in [4.78, 5) is 28.9. The molecule has 0 spiro atoms. The number of benzene rings is 2. The van der Waals surface area contributed by atoms with Crippen LogP contribution in [0.25, 0.3) is 11.4 Å². The third-order valence-electron chi connectivity index (χ3n) is 6.34. The van der Waals surface area contributed by atoms with Gasteiger partial charge in [-0.25, -0.2) is 4.98 Å². The predicted octanol–water partition coefficient (Wildman–Crippen LogP) is 2.26. The first-order valence-electron chi connectivity index (χ1n) is 12.8. The van der Waals surface area contributed by atoms with Crippen LogP contribution >= 0.6 is 0 Å². The zero-order valence-electron chi connectivity index (χ0n) is 22.7. The van der Waals surface area contributed by atoms with E-state index < -0.39 is 24.6 Å². The molecule has 1 aromatic heterocycles. The normalized spacial score (nSPS) is 12.7. The number of hydrogen-bond donors (Lipinski definition) is 3. The Morgan fingerprint density at radius 2 is 1.72 bits per heavy atom. The summed E-state index contributed by atoms with van der Waals surface area (Å²) in [5, 5.41) is 34.1. The predicted molar refractivity (Wildman–Crippen MR) is 143 cm³/mol. The fourth-order valence-corrected chi connectivity index (χ4v) is 4.44. The van der Waals surface area contributed by atoms with E-state index in [1.807, 2.05) is 54.8 Å². The number of aliphatic carboxylic acids is 1. The Hall–Kier alpha value is -3.89. The first-order chi connectivity index (χ1) is 18.6. The molecule has 0 saturated carbocycles. The topological polar surface area (TPSA) is 146 Å². The van der Waals surface area contributed by atoms with Crippen molar-refractivity contribution in [2.75, 3.05) is 14.2 Å². The van der Waals surface area contributed by atoms with Crippen LogP contribution in [0.2, 0.25) is 0 Å². The third-order valence-corrected chi connectivity index (χ3v) is 6.34. The standard InChI is InChI=1S/C29H37N3O7/c1-18(2)27-26(29(37)30-17-19-6-5-7-24(14-19)39-4)31-28(20-8-10-23(38-3)11-9-20)32(27)13-12-21(33)15-22(34)16-25(35)36/h5-11,14,18,21-22,33-34H,12-13,15-17H2,1-4H3,(H,30,37)(H,35,36)/p-1/t21-,22-/m1/s1. The van der Waals surface area contributed by atoms with Crippen LogP contribution < -0.4 is 19.9 Å². The number of aliphatic hydroxyl groups excluding tert-OH is 2. The van der Waals surface area contributed by atoms with E-state index in [0.717, 1.165) is 11.1 Å². The Balaban J connectivity index is 1.92. The van der Waals surface area contributed by atoms with E-state index in [9.17, 15) is 24.9 Å². The summed E-state index contributed by atoms with van der Waals surface area (Å²) < 4.78 is 12.4. The zero-order chi connectivity index (χ0) is 28.5. The maximum absolute atomic E-state index is 13.4. The molecule has 2 atom stereocenters. The van der Waals surface area contributed by atoms with E-state index in [1.165, 1.54) is 0 Å². The number of carbonyl (C=O) groups excluding carboxylic acids is 2. The van der Waals surface area contributed by atoms with Crippen LogP contribution in [0.3, 0.4) is 0 Å². The van der Waals surface area contributed by atoms with Crippen LogP contribution in [0, 0.1) is 0 Å². The molecule has 0 aliphatic rings.